The summed E-state index contributed by atoms with van der Waals surface area (Å²) >= 11 is 6.63. The Kier molecular flexibility index (Phi) is 6.42. The second kappa shape index (κ2) is 7.59. The zero-order valence-corrected chi connectivity index (χ0v) is 14.6. The van der Waals surface area contributed by atoms with E-state index < -0.39 is 5.97 Å². The molecule has 20 heavy (non-hydrogen) atoms. The van der Waals surface area contributed by atoms with Crippen molar-refractivity contribution in [2.24, 2.45) is 0 Å². The molecule has 1 aromatic carbocycles. The van der Waals surface area contributed by atoms with Crippen molar-refractivity contribution in [2.75, 3.05) is 20.7 Å². The number of rotatable bonds is 5. The van der Waals surface area contributed by atoms with Crippen molar-refractivity contribution < 1.29 is 14.3 Å². The first-order valence-corrected chi connectivity index (χ1v) is 7.50. The number of esters is 1. The van der Waals surface area contributed by atoms with Crippen molar-refractivity contribution in [1.82, 2.24) is 4.90 Å². The minimum atomic E-state index is -0.627. The third-order valence-corrected chi connectivity index (χ3v) is 3.49. The van der Waals surface area contributed by atoms with Crippen LogP contribution >= 0.6 is 31.9 Å². The van der Waals surface area contributed by atoms with Crippen LogP contribution in [0.15, 0.2) is 38.9 Å². The smallest absolute Gasteiger partial charge is 0.343 e. The van der Waals surface area contributed by atoms with Crippen LogP contribution in [0.5, 0.6) is 0 Å². The highest BCUT2D eigenvalue weighted by atomic mass is 79.9. The summed E-state index contributed by atoms with van der Waals surface area (Å²) in [5.74, 6) is -1.01. The molecule has 0 amide bonds. The Hall–Kier alpha value is -1.14. The summed E-state index contributed by atoms with van der Waals surface area (Å²) in [5.41, 5.74) is 0.399. The largest absolute Gasteiger partial charge is 0.462 e. The van der Waals surface area contributed by atoms with Gasteiger partial charge in [0.05, 0.1) is 6.61 Å². The summed E-state index contributed by atoms with van der Waals surface area (Å²) in [5, 5.41) is 0. The molecule has 0 unspecified atom stereocenters. The molecule has 6 heteroatoms. The zero-order valence-electron chi connectivity index (χ0n) is 11.4. The van der Waals surface area contributed by atoms with E-state index in [1.165, 1.54) is 6.20 Å². The molecule has 1 aromatic rings. The van der Waals surface area contributed by atoms with Crippen LogP contribution in [-0.4, -0.2) is 37.4 Å². The average Bonchev–Trinajstić information content (AvgIpc) is 2.38. The predicted molar refractivity (Wildman–Crippen MR) is 84.6 cm³/mol. The monoisotopic (exact) mass is 403 g/mol. The van der Waals surface area contributed by atoms with Crippen LogP contribution in [0.25, 0.3) is 0 Å². The number of Topliss-reactive ketones (excluding diaryl/α,β-unsaturated/α-hetero) is 1. The molecular formula is C14H15Br2NO3. The van der Waals surface area contributed by atoms with E-state index in [0.29, 0.717) is 10.0 Å². The van der Waals surface area contributed by atoms with Gasteiger partial charge in [-0.1, -0.05) is 31.9 Å². The van der Waals surface area contributed by atoms with Crippen LogP contribution in [0, 0.1) is 0 Å². The lowest BCUT2D eigenvalue weighted by molar-refractivity contribution is -0.138. The first-order chi connectivity index (χ1) is 9.36. The molecule has 0 atom stereocenters. The van der Waals surface area contributed by atoms with E-state index in [4.69, 9.17) is 4.74 Å². The molecule has 0 spiro atoms. The van der Waals surface area contributed by atoms with Gasteiger partial charge >= 0.3 is 5.97 Å². The maximum Gasteiger partial charge on any atom is 0.343 e. The zero-order chi connectivity index (χ0) is 15.3. The fourth-order valence-corrected chi connectivity index (χ4v) is 2.28. The normalized spacial score (nSPS) is 11.2. The summed E-state index contributed by atoms with van der Waals surface area (Å²) in [6.07, 6.45) is 1.47. The lowest BCUT2D eigenvalue weighted by atomic mass is 10.0. The van der Waals surface area contributed by atoms with Crippen molar-refractivity contribution in [2.45, 2.75) is 6.92 Å². The van der Waals surface area contributed by atoms with E-state index >= 15 is 0 Å². The van der Waals surface area contributed by atoms with Crippen LogP contribution in [0.2, 0.25) is 0 Å². The number of benzene rings is 1. The highest BCUT2D eigenvalue weighted by molar-refractivity contribution is 9.11. The van der Waals surface area contributed by atoms with Gasteiger partial charge in [-0.15, -0.1) is 0 Å². The van der Waals surface area contributed by atoms with Crippen LogP contribution in [0.1, 0.15) is 17.3 Å². The number of ether oxygens (including phenoxy) is 1. The lowest BCUT2D eigenvalue weighted by Gasteiger charge is -2.11. The minimum absolute atomic E-state index is 0.00403. The maximum absolute atomic E-state index is 12.5. The summed E-state index contributed by atoms with van der Waals surface area (Å²) in [6, 6.07) is 5.21. The van der Waals surface area contributed by atoms with Crippen molar-refractivity contribution >= 4 is 43.6 Å². The fraction of sp³-hybridized carbons (Fsp3) is 0.286. The summed E-state index contributed by atoms with van der Waals surface area (Å²) in [7, 11) is 3.48. The molecule has 4 nitrogen and oxygen atoms in total. The molecule has 0 radical (unpaired) electrons. The third-order valence-electron chi connectivity index (χ3n) is 2.30. The Morgan fingerprint density at radius 2 is 1.95 bits per heavy atom. The highest BCUT2D eigenvalue weighted by Gasteiger charge is 2.23. The Bertz CT molecular complexity index is 553. The van der Waals surface area contributed by atoms with Crippen LogP contribution in [-0.2, 0) is 9.53 Å². The number of halogens is 2. The fourth-order valence-electron chi connectivity index (χ4n) is 1.49. The van der Waals surface area contributed by atoms with Gasteiger partial charge in [0.1, 0.15) is 5.57 Å². The van der Waals surface area contributed by atoms with Gasteiger partial charge < -0.3 is 9.64 Å². The number of hydrogen-bond donors (Lipinski definition) is 0. The predicted octanol–water partition coefficient (Wildman–Crippen LogP) is 3.40. The molecule has 0 aliphatic carbocycles. The van der Waals surface area contributed by atoms with Crippen molar-refractivity contribution in [3.63, 3.8) is 0 Å². The van der Waals surface area contributed by atoms with Crippen LogP contribution in [0.4, 0.5) is 0 Å². The minimum Gasteiger partial charge on any atom is -0.462 e. The Balaban J connectivity index is 3.24. The quantitative estimate of drug-likeness (QED) is 0.248. The Labute approximate surface area is 135 Å². The second-order valence-electron chi connectivity index (χ2n) is 4.18. The number of hydrogen-bond acceptors (Lipinski definition) is 4. The van der Waals surface area contributed by atoms with Gasteiger partial charge in [0.2, 0.25) is 5.78 Å². The first kappa shape index (κ1) is 16.9. The van der Waals surface area contributed by atoms with Crippen molar-refractivity contribution in [3.05, 3.63) is 44.5 Å². The van der Waals surface area contributed by atoms with E-state index in [1.807, 2.05) is 0 Å². The second-order valence-corrected chi connectivity index (χ2v) is 5.95. The van der Waals surface area contributed by atoms with Gasteiger partial charge in [-0.25, -0.2) is 4.79 Å². The highest BCUT2D eigenvalue weighted by Crippen LogP contribution is 2.24. The molecule has 0 N–H and O–H groups in total. The molecule has 0 aliphatic heterocycles. The number of ketones is 1. The van der Waals surface area contributed by atoms with Gasteiger partial charge in [0.15, 0.2) is 0 Å². The molecule has 0 fully saturated rings. The molecule has 0 saturated heterocycles. The van der Waals surface area contributed by atoms with Crippen LogP contribution in [0.3, 0.4) is 0 Å². The lowest BCUT2D eigenvalue weighted by Crippen LogP contribution is -2.19. The topological polar surface area (TPSA) is 46.6 Å². The van der Waals surface area contributed by atoms with Gasteiger partial charge in [0, 0.05) is 34.8 Å². The molecular weight excluding hydrogens is 390 g/mol. The van der Waals surface area contributed by atoms with Crippen molar-refractivity contribution in [1.29, 1.82) is 0 Å². The van der Waals surface area contributed by atoms with Gasteiger partial charge in [-0.05, 0) is 25.1 Å². The van der Waals surface area contributed by atoms with E-state index in [1.54, 1.807) is 44.1 Å². The standard InChI is InChI=1S/C14H15Br2NO3/c1-4-20-14(19)11(8-17(2)3)13(18)10-7-9(15)5-6-12(10)16/h5-8H,4H2,1-3H3/b11-8-. The summed E-state index contributed by atoms with van der Waals surface area (Å²) < 4.78 is 6.32. The van der Waals surface area contributed by atoms with E-state index in [0.717, 1.165) is 4.47 Å². The first-order valence-electron chi connectivity index (χ1n) is 5.92. The van der Waals surface area contributed by atoms with E-state index in [-0.39, 0.29) is 18.0 Å². The van der Waals surface area contributed by atoms with Crippen molar-refractivity contribution in [3.8, 4) is 0 Å². The Morgan fingerprint density at radius 1 is 1.30 bits per heavy atom. The molecule has 0 bridgehead atoms. The summed E-state index contributed by atoms with van der Waals surface area (Å²) in [4.78, 5) is 26.1. The number of nitrogens with zero attached hydrogens (tertiary/aromatic N) is 1. The molecule has 0 aliphatic rings. The summed E-state index contributed by atoms with van der Waals surface area (Å²) in [6.45, 7) is 1.92. The van der Waals surface area contributed by atoms with Gasteiger partial charge in [0.25, 0.3) is 0 Å². The molecule has 0 aromatic heterocycles. The van der Waals surface area contributed by atoms with Gasteiger partial charge in [-0.3, -0.25) is 4.79 Å². The number of carbonyl (C=O) groups excluding carboxylic acids is 2. The molecule has 1 rings (SSSR count). The molecule has 0 saturated carbocycles. The van der Waals surface area contributed by atoms with E-state index in [9.17, 15) is 9.59 Å². The van der Waals surface area contributed by atoms with Gasteiger partial charge in [-0.2, -0.15) is 0 Å². The van der Waals surface area contributed by atoms with E-state index in [2.05, 4.69) is 31.9 Å². The SMILES string of the molecule is CCOC(=O)/C(=C\N(C)C)C(=O)c1cc(Br)ccc1Br. The number of carbonyl (C=O) groups is 2. The third kappa shape index (κ3) is 4.45. The molecule has 0 heterocycles. The maximum atomic E-state index is 12.5. The average molecular weight is 405 g/mol. The molecule has 108 valence electrons. The van der Waals surface area contributed by atoms with Crippen LogP contribution < -0.4 is 0 Å². The Morgan fingerprint density at radius 3 is 2.50 bits per heavy atom.